The van der Waals surface area contributed by atoms with Crippen LogP contribution < -0.4 is 0 Å². The molecule has 1 aliphatic rings. The van der Waals surface area contributed by atoms with Gasteiger partial charge in [0.25, 0.3) is 0 Å². The Hall–Kier alpha value is -1.18. The van der Waals surface area contributed by atoms with Crippen LogP contribution in [0.4, 0.5) is 0 Å². The molecule has 0 aromatic rings. The maximum Gasteiger partial charge on any atom is 0.329 e. The van der Waals surface area contributed by atoms with Crippen LogP contribution in [-0.2, 0) is 23.8 Å². The van der Waals surface area contributed by atoms with E-state index in [9.17, 15) is 9.59 Å². The molecule has 0 N–H and O–H groups in total. The summed E-state index contributed by atoms with van der Waals surface area (Å²) in [6.45, 7) is 22.5. The zero-order chi connectivity index (χ0) is 24.2. The Morgan fingerprint density at radius 2 is 1.45 bits per heavy atom. The lowest BCUT2D eigenvalue weighted by atomic mass is 9.96. The molecule has 1 heterocycles. The van der Waals surface area contributed by atoms with Gasteiger partial charge in [0.05, 0.1) is 17.2 Å². The van der Waals surface area contributed by atoms with Crippen molar-refractivity contribution in [1.29, 1.82) is 0 Å². The summed E-state index contributed by atoms with van der Waals surface area (Å²) < 4.78 is 17.6. The number of nitrogens with zero attached hydrogens (tertiary/aromatic N) is 2. The van der Waals surface area contributed by atoms with Crippen molar-refractivity contribution in [3.63, 3.8) is 0 Å². The maximum absolute atomic E-state index is 13.6. The van der Waals surface area contributed by atoms with Crippen LogP contribution in [-0.4, -0.2) is 70.6 Å². The van der Waals surface area contributed by atoms with Crippen molar-refractivity contribution < 1.29 is 23.8 Å². The molecule has 1 saturated heterocycles. The van der Waals surface area contributed by atoms with Crippen molar-refractivity contribution in [1.82, 2.24) is 9.80 Å². The van der Waals surface area contributed by atoms with Crippen molar-refractivity contribution in [3.8, 4) is 0 Å². The second-order valence-electron chi connectivity index (χ2n) is 11.8. The Morgan fingerprint density at radius 3 is 1.84 bits per heavy atom. The van der Waals surface area contributed by atoms with Crippen LogP contribution in [0.1, 0.15) is 89.0 Å². The Morgan fingerprint density at radius 1 is 0.968 bits per heavy atom. The number of carbonyl (C=O) groups excluding carboxylic acids is 2. The monoisotopic (exact) mass is 442 g/mol. The summed E-state index contributed by atoms with van der Waals surface area (Å²) in [5, 5.41) is 0. The van der Waals surface area contributed by atoms with Gasteiger partial charge in [-0.2, -0.15) is 0 Å². The Balaban J connectivity index is 3.10. The first kappa shape index (κ1) is 27.9. The van der Waals surface area contributed by atoms with Gasteiger partial charge in [0.1, 0.15) is 25.1 Å². The number of piperidine rings is 1. The Labute approximate surface area is 189 Å². The number of carbonyl (C=O) groups is 2. The van der Waals surface area contributed by atoms with Gasteiger partial charge in [-0.3, -0.25) is 4.79 Å². The van der Waals surface area contributed by atoms with E-state index in [1.54, 1.807) is 4.90 Å². The molecular weight excluding hydrogens is 396 g/mol. The van der Waals surface area contributed by atoms with Crippen LogP contribution in [0.5, 0.6) is 0 Å². The summed E-state index contributed by atoms with van der Waals surface area (Å²) in [5.41, 5.74) is -1.28. The van der Waals surface area contributed by atoms with E-state index in [1.165, 1.54) is 0 Å². The highest BCUT2D eigenvalue weighted by atomic mass is 16.6. The number of esters is 1. The molecule has 0 unspecified atom stereocenters. The average Bonchev–Trinajstić information content (AvgIpc) is 2.53. The molecule has 2 atom stereocenters. The van der Waals surface area contributed by atoms with Crippen LogP contribution in [0.2, 0.25) is 0 Å². The number of likely N-dealkylation sites (tertiary alicyclic amines) is 1. The normalized spacial score (nSPS) is 19.8. The summed E-state index contributed by atoms with van der Waals surface area (Å²) in [6.07, 6.45) is 1.51. The molecule has 31 heavy (non-hydrogen) atoms. The van der Waals surface area contributed by atoms with E-state index in [2.05, 4.69) is 0 Å². The van der Waals surface area contributed by atoms with E-state index in [0.717, 1.165) is 6.42 Å². The number of hydrogen-bond donors (Lipinski definition) is 0. The fraction of sp³-hybridized carbons (Fsp3) is 0.917. The zero-order valence-corrected chi connectivity index (χ0v) is 21.7. The van der Waals surface area contributed by atoms with E-state index in [4.69, 9.17) is 14.2 Å². The summed E-state index contributed by atoms with van der Waals surface area (Å²) >= 11 is 0. The number of rotatable bonds is 8. The van der Waals surface area contributed by atoms with Crippen LogP contribution in [0.25, 0.3) is 0 Å². The minimum absolute atomic E-state index is 0.0531. The third-order valence-electron chi connectivity index (χ3n) is 4.83. The highest BCUT2D eigenvalue weighted by Gasteiger charge is 2.42. The molecule has 1 amide bonds. The average molecular weight is 443 g/mol. The lowest BCUT2D eigenvalue weighted by Crippen LogP contribution is -2.60. The molecule has 0 aliphatic carbocycles. The van der Waals surface area contributed by atoms with E-state index >= 15 is 0 Å². The second kappa shape index (κ2) is 10.6. The predicted molar refractivity (Wildman–Crippen MR) is 122 cm³/mol. The van der Waals surface area contributed by atoms with Crippen molar-refractivity contribution in [2.45, 2.75) is 118 Å². The largest absolute Gasteiger partial charge is 0.458 e. The third kappa shape index (κ3) is 9.87. The predicted octanol–water partition coefficient (Wildman–Crippen LogP) is 4.19. The number of ether oxygens (including phenoxy) is 3. The zero-order valence-electron chi connectivity index (χ0n) is 21.7. The van der Waals surface area contributed by atoms with Gasteiger partial charge in [0.15, 0.2) is 0 Å². The summed E-state index contributed by atoms with van der Waals surface area (Å²) in [4.78, 5) is 30.2. The fourth-order valence-corrected chi connectivity index (χ4v) is 3.39. The first-order chi connectivity index (χ1) is 13.9. The standard InChI is InChI=1S/C24H46N2O5/c1-17(2)19(21(28)31-24(9,10)11)26-14-12-13-18(20(26)27)25(15-29-22(3,4)5)16-30-23(6,7)8/h17-19H,12-16H2,1-11H3/t18-,19+/m1/s1. The topological polar surface area (TPSA) is 68.3 Å². The van der Waals surface area contributed by atoms with Crippen molar-refractivity contribution in [2.75, 3.05) is 20.0 Å². The molecule has 0 spiro atoms. The minimum atomic E-state index is -0.608. The molecule has 1 rings (SSSR count). The summed E-state index contributed by atoms with van der Waals surface area (Å²) in [5.74, 6) is -0.464. The molecule has 1 fully saturated rings. The molecule has 7 heteroatoms. The third-order valence-corrected chi connectivity index (χ3v) is 4.83. The lowest BCUT2D eigenvalue weighted by molar-refractivity contribution is -0.176. The van der Waals surface area contributed by atoms with Crippen LogP contribution in [0.15, 0.2) is 0 Å². The number of amides is 1. The molecule has 0 aromatic heterocycles. The Bertz CT molecular complexity index is 581. The first-order valence-electron chi connectivity index (χ1n) is 11.5. The highest BCUT2D eigenvalue weighted by Crippen LogP contribution is 2.26. The molecule has 0 aromatic carbocycles. The minimum Gasteiger partial charge on any atom is -0.458 e. The van der Waals surface area contributed by atoms with Gasteiger partial charge < -0.3 is 19.1 Å². The molecule has 0 saturated carbocycles. The van der Waals surface area contributed by atoms with Gasteiger partial charge in [0, 0.05) is 6.54 Å². The van der Waals surface area contributed by atoms with E-state index < -0.39 is 17.7 Å². The van der Waals surface area contributed by atoms with Crippen LogP contribution in [0, 0.1) is 5.92 Å². The quantitative estimate of drug-likeness (QED) is 0.415. The van der Waals surface area contributed by atoms with Gasteiger partial charge >= 0.3 is 5.97 Å². The SMILES string of the molecule is CC(C)[C@@H](C(=O)OC(C)(C)C)N1CCC[C@@H](N(COC(C)(C)C)COC(C)(C)C)C1=O. The smallest absolute Gasteiger partial charge is 0.329 e. The van der Waals surface area contributed by atoms with E-state index in [1.807, 2.05) is 81.1 Å². The molecule has 1 aliphatic heterocycles. The van der Waals surface area contributed by atoms with Crippen LogP contribution >= 0.6 is 0 Å². The molecular formula is C24H46N2O5. The molecule has 0 radical (unpaired) electrons. The first-order valence-corrected chi connectivity index (χ1v) is 11.5. The molecule has 182 valence electrons. The summed E-state index contributed by atoms with van der Waals surface area (Å²) in [6, 6.07) is -1.01. The lowest BCUT2D eigenvalue weighted by Gasteiger charge is -2.43. The highest BCUT2D eigenvalue weighted by molar-refractivity contribution is 5.88. The van der Waals surface area contributed by atoms with Crippen molar-refractivity contribution in [2.24, 2.45) is 5.92 Å². The fourth-order valence-electron chi connectivity index (χ4n) is 3.39. The maximum atomic E-state index is 13.6. The van der Waals surface area contributed by atoms with E-state index in [-0.39, 0.29) is 42.5 Å². The molecule has 0 bridgehead atoms. The van der Waals surface area contributed by atoms with Crippen molar-refractivity contribution in [3.05, 3.63) is 0 Å². The van der Waals surface area contributed by atoms with Crippen LogP contribution in [0.3, 0.4) is 0 Å². The van der Waals surface area contributed by atoms with E-state index in [0.29, 0.717) is 13.0 Å². The van der Waals surface area contributed by atoms with Gasteiger partial charge in [-0.1, -0.05) is 13.8 Å². The van der Waals surface area contributed by atoms with Gasteiger partial charge in [-0.15, -0.1) is 0 Å². The van der Waals surface area contributed by atoms with Gasteiger partial charge in [-0.05, 0) is 81.1 Å². The summed E-state index contributed by atoms with van der Waals surface area (Å²) in [7, 11) is 0. The Kier molecular flexibility index (Phi) is 9.55. The second-order valence-corrected chi connectivity index (χ2v) is 11.8. The number of hydrogen-bond acceptors (Lipinski definition) is 6. The van der Waals surface area contributed by atoms with Crippen molar-refractivity contribution >= 4 is 11.9 Å². The molecule has 7 nitrogen and oxygen atoms in total. The van der Waals surface area contributed by atoms with Gasteiger partial charge in [0.2, 0.25) is 5.91 Å². The van der Waals surface area contributed by atoms with Gasteiger partial charge in [-0.25, -0.2) is 9.69 Å².